The first-order valence-electron chi connectivity index (χ1n) is 6.49. The maximum atomic E-state index is 13.7. The molecule has 1 aliphatic carbocycles. The largest absolute Gasteiger partial charge is 0.395 e. The molecule has 0 bridgehead atoms. The maximum absolute atomic E-state index is 13.7. The molecule has 0 radical (unpaired) electrons. The molecule has 0 unspecified atom stereocenters. The van der Waals surface area contributed by atoms with Crippen LogP contribution in [0.5, 0.6) is 0 Å². The Kier molecular flexibility index (Phi) is 4.53. The number of hydrogen-bond acceptors (Lipinski definition) is 3. The Labute approximate surface area is 116 Å². The maximum Gasteiger partial charge on any atom is 0.317 e. The van der Waals surface area contributed by atoms with Gasteiger partial charge in [-0.3, -0.25) is 0 Å². The third-order valence-corrected chi connectivity index (χ3v) is 3.20. The van der Waals surface area contributed by atoms with E-state index >= 15 is 0 Å². The van der Waals surface area contributed by atoms with Gasteiger partial charge in [0.25, 0.3) is 0 Å². The van der Waals surface area contributed by atoms with Gasteiger partial charge in [0.15, 0.2) is 0 Å². The summed E-state index contributed by atoms with van der Waals surface area (Å²) in [6, 6.07) is 5.89. The first-order chi connectivity index (χ1) is 9.65. The lowest BCUT2D eigenvalue weighted by Crippen LogP contribution is -2.42. The number of aliphatic hydroxyl groups is 1. The number of hydrogen-bond donors (Lipinski definition) is 2. The fraction of sp³-hybridized carbons (Fsp3) is 0.429. The van der Waals surface area contributed by atoms with E-state index in [-0.39, 0.29) is 37.3 Å². The Morgan fingerprint density at radius 3 is 2.85 bits per heavy atom. The van der Waals surface area contributed by atoms with E-state index in [1.54, 1.807) is 4.90 Å². The number of nitrogens with zero attached hydrogens (tertiary/aromatic N) is 2. The smallest absolute Gasteiger partial charge is 0.317 e. The minimum absolute atomic E-state index is 0.0605. The Morgan fingerprint density at radius 2 is 2.30 bits per heavy atom. The van der Waals surface area contributed by atoms with Gasteiger partial charge in [0.05, 0.1) is 18.2 Å². The normalized spacial score (nSPS) is 13.7. The highest BCUT2D eigenvalue weighted by molar-refractivity contribution is 5.74. The SMILES string of the molecule is N#Cc1ccc(CNC(=O)N(CCO)C2CC2)c(F)c1. The fourth-order valence-electron chi connectivity index (χ4n) is 1.98. The highest BCUT2D eigenvalue weighted by Crippen LogP contribution is 2.26. The third-order valence-electron chi connectivity index (χ3n) is 3.20. The number of nitriles is 1. The Morgan fingerprint density at radius 1 is 1.55 bits per heavy atom. The zero-order valence-electron chi connectivity index (χ0n) is 11.0. The highest BCUT2D eigenvalue weighted by atomic mass is 19.1. The lowest BCUT2D eigenvalue weighted by molar-refractivity contribution is 0.173. The number of aliphatic hydroxyl groups excluding tert-OH is 1. The van der Waals surface area contributed by atoms with Crippen molar-refractivity contribution in [2.45, 2.75) is 25.4 Å². The number of amides is 2. The zero-order chi connectivity index (χ0) is 14.5. The quantitative estimate of drug-likeness (QED) is 0.853. The molecule has 2 rings (SSSR count). The van der Waals surface area contributed by atoms with Gasteiger partial charge in [-0.05, 0) is 25.0 Å². The van der Waals surface area contributed by atoms with Crippen molar-refractivity contribution in [3.63, 3.8) is 0 Å². The molecule has 0 aliphatic heterocycles. The van der Waals surface area contributed by atoms with Crippen LogP contribution in [0.1, 0.15) is 24.0 Å². The van der Waals surface area contributed by atoms with Crippen molar-refractivity contribution in [2.75, 3.05) is 13.2 Å². The topological polar surface area (TPSA) is 76.4 Å². The van der Waals surface area contributed by atoms with Crippen LogP contribution >= 0.6 is 0 Å². The highest BCUT2D eigenvalue weighted by Gasteiger charge is 2.31. The molecule has 1 aromatic rings. The second-order valence-electron chi connectivity index (χ2n) is 4.72. The van der Waals surface area contributed by atoms with E-state index in [0.29, 0.717) is 5.56 Å². The lowest BCUT2D eigenvalue weighted by atomic mass is 10.1. The van der Waals surface area contributed by atoms with Crippen molar-refractivity contribution in [1.29, 1.82) is 5.26 Å². The molecule has 0 atom stereocenters. The van der Waals surface area contributed by atoms with E-state index in [9.17, 15) is 9.18 Å². The van der Waals surface area contributed by atoms with Crippen molar-refractivity contribution in [1.82, 2.24) is 10.2 Å². The van der Waals surface area contributed by atoms with E-state index in [2.05, 4.69) is 5.32 Å². The summed E-state index contributed by atoms with van der Waals surface area (Å²) in [5.74, 6) is -0.510. The summed E-state index contributed by atoms with van der Waals surface area (Å²) < 4.78 is 13.7. The van der Waals surface area contributed by atoms with Gasteiger partial charge in [0.1, 0.15) is 5.82 Å². The zero-order valence-corrected chi connectivity index (χ0v) is 11.0. The molecule has 1 saturated carbocycles. The Balaban J connectivity index is 1.94. The molecule has 1 aromatic carbocycles. The standard InChI is InChI=1S/C14H16FN3O2/c15-13-7-10(8-16)1-2-11(13)9-17-14(20)18(5-6-19)12-3-4-12/h1-2,7,12,19H,3-6,9H2,(H,17,20). The number of halogens is 1. The van der Waals surface area contributed by atoms with Crippen LogP contribution < -0.4 is 5.32 Å². The number of carbonyl (C=O) groups excluding carboxylic acids is 1. The second-order valence-corrected chi connectivity index (χ2v) is 4.72. The van der Waals surface area contributed by atoms with Crippen LogP contribution in [0.4, 0.5) is 9.18 Å². The van der Waals surface area contributed by atoms with E-state index in [1.807, 2.05) is 6.07 Å². The fourth-order valence-corrected chi connectivity index (χ4v) is 1.98. The molecular formula is C14H16FN3O2. The summed E-state index contributed by atoms with van der Waals surface area (Å²) in [6.45, 7) is 0.256. The first kappa shape index (κ1) is 14.3. The summed E-state index contributed by atoms with van der Waals surface area (Å²) in [7, 11) is 0. The van der Waals surface area contributed by atoms with Gasteiger partial charge in [-0.2, -0.15) is 5.26 Å². The van der Waals surface area contributed by atoms with E-state index in [1.165, 1.54) is 12.1 Å². The molecule has 6 heteroatoms. The summed E-state index contributed by atoms with van der Waals surface area (Å²) >= 11 is 0. The van der Waals surface area contributed by atoms with Crippen LogP contribution in [0.15, 0.2) is 18.2 Å². The lowest BCUT2D eigenvalue weighted by Gasteiger charge is -2.21. The number of urea groups is 1. The van der Waals surface area contributed by atoms with Crippen LogP contribution in [-0.2, 0) is 6.54 Å². The Hall–Kier alpha value is -2.13. The monoisotopic (exact) mass is 277 g/mol. The molecule has 2 N–H and O–H groups in total. The average Bonchev–Trinajstić information content (AvgIpc) is 3.27. The van der Waals surface area contributed by atoms with Crippen molar-refractivity contribution >= 4 is 6.03 Å². The van der Waals surface area contributed by atoms with Crippen LogP contribution in [0.3, 0.4) is 0 Å². The molecule has 106 valence electrons. The molecule has 5 nitrogen and oxygen atoms in total. The molecule has 20 heavy (non-hydrogen) atoms. The molecule has 2 amide bonds. The molecule has 1 fully saturated rings. The van der Waals surface area contributed by atoms with Crippen LogP contribution in [0.25, 0.3) is 0 Å². The van der Waals surface area contributed by atoms with Crippen LogP contribution in [0, 0.1) is 17.1 Å². The molecule has 0 aromatic heterocycles. The summed E-state index contributed by atoms with van der Waals surface area (Å²) in [5, 5.41) is 20.2. The average molecular weight is 277 g/mol. The second kappa shape index (κ2) is 6.35. The predicted molar refractivity (Wildman–Crippen MR) is 70.2 cm³/mol. The minimum atomic E-state index is -0.510. The van der Waals surface area contributed by atoms with Gasteiger partial charge in [-0.25, -0.2) is 9.18 Å². The van der Waals surface area contributed by atoms with E-state index in [0.717, 1.165) is 18.9 Å². The van der Waals surface area contributed by atoms with Crippen molar-refractivity contribution in [3.8, 4) is 6.07 Å². The summed E-state index contributed by atoms with van der Waals surface area (Å²) in [5.41, 5.74) is 0.578. The first-order valence-corrected chi connectivity index (χ1v) is 6.49. The van der Waals surface area contributed by atoms with Gasteiger partial charge in [-0.15, -0.1) is 0 Å². The number of rotatable bonds is 5. The number of nitrogens with one attached hydrogen (secondary N) is 1. The van der Waals surface area contributed by atoms with Crippen LogP contribution in [-0.4, -0.2) is 35.2 Å². The number of carbonyl (C=O) groups is 1. The summed E-state index contributed by atoms with van der Waals surface area (Å²) in [6.07, 6.45) is 1.89. The van der Waals surface area contributed by atoms with Gasteiger partial charge in [0.2, 0.25) is 0 Å². The van der Waals surface area contributed by atoms with Crippen molar-refractivity contribution in [2.24, 2.45) is 0 Å². The number of benzene rings is 1. The molecule has 1 aliphatic rings. The van der Waals surface area contributed by atoms with Crippen molar-refractivity contribution < 1.29 is 14.3 Å². The van der Waals surface area contributed by atoms with Crippen LogP contribution in [0.2, 0.25) is 0 Å². The van der Waals surface area contributed by atoms with Crippen molar-refractivity contribution in [3.05, 3.63) is 35.1 Å². The van der Waals surface area contributed by atoms with E-state index < -0.39 is 5.82 Å². The van der Waals surface area contributed by atoms with Gasteiger partial charge in [-0.1, -0.05) is 6.07 Å². The molecular weight excluding hydrogens is 261 g/mol. The molecule has 0 saturated heterocycles. The molecule has 0 heterocycles. The predicted octanol–water partition coefficient (Wildman–Crippen LogP) is 1.36. The third kappa shape index (κ3) is 3.45. The van der Waals surface area contributed by atoms with E-state index in [4.69, 9.17) is 10.4 Å². The van der Waals surface area contributed by atoms with Gasteiger partial charge < -0.3 is 15.3 Å². The summed E-state index contributed by atoms with van der Waals surface area (Å²) in [4.78, 5) is 13.5. The Bertz CT molecular complexity index is 538. The molecule has 0 spiro atoms. The van der Waals surface area contributed by atoms with Gasteiger partial charge >= 0.3 is 6.03 Å². The van der Waals surface area contributed by atoms with Gasteiger partial charge in [0, 0.05) is 24.7 Å². The minimum Gasteiger partial charge on any atom is -0.395 e.